The molecule has 0 atom stereocenters. The summed E-state index contributed by atoms with van der Waals surface area (Å²) in [5, 5.41) is 56.4. The van der Waals surface area contributed by atoms with Gasteiger partial charge in [-0.3, -0.25) is 10.6 Å². The molecular weight excluding hydrogens is 208 g/mol. The van der Waals surface area contributed by atoms with E-state index >= 15 is 0 Å². The summed E-state index contributed by atoms with van der Waals surface area (Å²) in [6.45, 7) is 0.688. The van der Waals surface area contributed by atoms with E-state index in [2.05, 4.69) is 10.6 Å². The van der Waals surface area contributed by atoms with E-state index < -0.39 is 31.2 Å². The maximum atomic E-state index is 8.56. The van der Waals surface area contributed by atoms with Gasteiger partial charge in [0.2, 0.25) is 0 Å². The highest BCUT2D eigenvalue weighted by Crippen LogP contribution is 1.95. The molecule has 0 radical (unpaired) electrons. The van der Waals surface area contributed by atoms with Gasteiger partial charge in [-0.25, -0.2) is 0 Å². The third-order valence-corrected chi connectivity index (χ3v) is 1.58. The second kappa shape index (κ2) is 5.68. The van der Waals surface area contributed by atoms with Crippen molar-refractivity contribution in [2.75, 3.05) is 13.1 Å². The normalized spacial score (nSPS) is 13.6. The molecule has 0 unspecified atom stereocenters. The first-order chi connectivity index (χ1) is 6.64. The van der Waals surface area contributed by atoms with Gasteiger partial charge in [0.1, 0.15) is 0 Å². The molecule has 0 aromatic carbocycles. The molecule has 0 amide bonds. The Balaban J connectivity index is 3.84. The topological polar surface area (TPSA) is 145 Å². The highest BCUT2D eigenvalue weighted by molar-refractivity contribution is 4.66. The first-order valence-corrected chi connectivity index (χ1v) is 4.45. The zero-order valence-electron chi connectivity index (χ0n) is 8.38. The first-order valence-electron chi connectivity index (χ1n) is 4.45. The van der Waals surface area contributed by atoms with Crippen LogP contribution in [0.2, 0.25) is 0 Å². The van der Waals surface area contributed by atoms with Crippen molar-refractivity contribution in [3.05, 3.63) is 0 Å². The van der Waals surface area contributed by atoms with Gasteiger partial charge in [-0.2, -0.15) is 0 Å². The minimum atomic E-state index is -2.83. The number of nitrogens with one attached hydrogen (secondary N) is 2. The van der Waals surface area contributed by atoms with E-state index in [-0.39, 0.29) is 0 Å². The van der Waals surface area contributed by atoms with Gasteiger partial charge in [0.25, 0.3) is 11.9 Å². The average Bonchev–Trinajstić information content (AvgIpc) is 2.00. The molecule has 0 fully saturated rings. The Bertz CT molecular complexity index is 157. The van der Waals surface area contributed by atoms with Crippen molar-refractivity contribution in [1.29, 1.82) is 0 Å². The number of hydrogen-bond donors (Lipinski definition) is 8. The van der Waals surface area contributed by atoms with Crippen LogP contribution < -0.4 is 10.6 Å². The molecule has 15 heavy (non-hydrogen) atoms. The molecule has 92 valence electrons. The second-order valence-electron chi connectivity index (χ2n) is 3.27. The fraction of sp³-hybridized carbons (Fsp3) is 1.00. The van der Waals surface area contributed by atoms with Crippen LogP contribution >= 0.6 is 0 Å². The Labute approximate surface area is 86.8 Å². The van der Waals surface area contributed by atoms with E-state index in [1.54, 1.807) is 6.92 Å². The number of aliphatic hydroxyl groups is 6. The molecule has 8 heteroatoms. The lowest BCUT2D eigenvalue weighted by molar-refractivity contribution is -0.309. The van der Waals surface area contributed by atoms with Gasteiger partial charge in [0.15, 0.2) is 0 Å². The molecule has 8 nitrogen and oxygen atoms in total. The van der Waals surface area contributed by atoms with Crippen molar-refractivity contribution in [3.63, 3.8) is 0 Å². The van der Waals surface area contributed by atoms with Gasteiger partial charge < -0.3 is 30.6 Å². The smallest absolute Gasteiger partial charge is 0.288 e. The van der Waals surface area contributed by atoms with Crippen molar-refractivity contribution in [2.45, 2.75) is 31.5 Å². The van der Waals surface area contributed by atoms with Crippen LogP contribution in [0.5, 0.6) is 0 Å². The number of rotatable bonds is 7. The lowest BCUT2D eigenvalue weighted by atomic mass is 10.3. The predicted molar refractivity (Wildman–Crippen MR) is 48.9 cm³/mol. The minimum Gasteiger partial charge on any atom is -0.343 e. The summed E-state index contributed by atoms with van der Waals surface area (Å²) in [5.41, 5.74) is 0. The van der Waals surface area contributed by atoms with Crippen LogP contribution in [0.1, 0.15) is 13.3 Å². The van der Waals surface area contributed by atoms with Gasteiger partial charge in [0.05, 0.1) is 19.3 Å². The maximum Gasteiger partial charge on any atom is 0.288 e. The Morgan fingerprint density at radius 3 is 1.40 bits per heavy atom. The monoisotopic (exact) mass is 226 g/mol. The van der Waals surface area contributed by atoms with E-state index in [0.29, 0.717) is 6.42 Å². The van der Waals surface area contributed by atoms with Crippen molar-refractivity contribution in [3.8, 4) is 0 Å². The van der Waals surface area contributed by atoms with E-state index in [1.807, 2.05) is 0 Å². The summed E-state index contributed by atoms with van der Waals surface area (Å²) in [4.78, 5) is 0. The van der Waals surface area contributed by atoms with Gasteiger partial charge in [0, 0.05) is 0 Å². The highest BCUT2D eigenvalue weighted by atomic mass is 16.7. The summed E-state index contributed by atoms with van der Waals surface area (Å²) in [5.74, 6) is -5.66. The molecule has 0 heterocycles. The van der Waals surface area contributed by atoms with E-state index in [0.717, 1.165) is 0 Å². The van der Waals surface area contributed by atoms with Crippen LogP contribution in [0.25, 0.3) is 0 Å². The average molecular weight is 226 g/mol. The molecule has 0 aliphatic rings. The molecule has 0 aromatic heterocycles. The zero-order valence-corrected chi connectivity index (χ0v) is 8.38. The van der Waals surface area contributed by atoms with Gasteiger partial charge in [-0.15, -0.1) is 0 Å². The van der Waals surface area contributed by atoms with Crippen molar-refractivity contribution < 1.29 is 30.6 Å². The molecule has 8 N–H and O–H groups in total. The molecule has 0 saturated carbocycles. The molecule has 0 aromatic rings. The summed E-state index contributed by atoms with van der Waals surface area (Å²) in [7, 11) is 0. The Kier molecular flexibility index (Phi) is 5.56. The molecular formula is C7H18N2O6. The maximum absolute atomic E-state index is 8.56. The van der Waals surface area contributed by atoms with Crippen LogP contribution in [0.15, 0.2) is 0 Å². The summed E-state index contributed by atoms with van der Waals surface area (Å²) < 4.78 is 0. The number of hydrogen-bond acceptors (Lipinski definition) is 8. The van der Waals surface area contributed by atoms with Crippen LogP contribution in [-0.2, 0) is 0 Å². The van der Waals surface area contributed by atoms with Gasteiger partial charge >= 0.3 is 0 Å². The van der Waals surface area contributed by atoms with Crippen LogP contribution in [-0.4, -0.2) is 61.8 Å². The highest BCUT2D eigenvalue weighted by Gasteiger charge is 2.22. The lowest BCUT2D eigenvalue weighted by Gasteiger charge is -2.24. The molecule has 0 bridgehead atoms. The Hall–Kier alpha value is -0.320. The quantitative estimate of drug-likeness (QED) is 0.206. The van der Waals surface area contributed by atoms with Crippen LogP contribution in [0.4, 0.5) is 0 Å². The largest absolute Gasteiger partial charge is 0.343 e. The Morgan fingerprint density at radius 2 is 1.20 bits per heavy atom. The SMILES string of the molecule is CCC(NCC(O)(O)O)NCC(O)(O)O. The third kappa shape index (κ3) is 9.97. The van der Waals surface area contributed by atoms with Crippen molar-refractivity contribution in [2.24, 2.45) is 0 Å². The molecule has 0 rings (SSSR count). The molecule has 0 aliphatic heterocycles. The van der Waals surface area contributed by atoms with Crippen molar-refractivity contribution in [1.82, 2.24) is 10.6 Å². The van der Waals surface area contributed by atoms with Crippen LogP contribution in [0.3, 0.4) is 0 Å². The summed E-state index contributed by atoms with van der Waals surface area (Å²) >= 11 is 0. The second-order valence-corrected chi connectivity index (χ2v) is 3.27. The van der Waals surface area contributed by atoms with E-state index in [4.69, 9.17) is 30.6 Å². The third-order valence-electron chi connectivity index (χ3n) is 1.58. The molecule has 0 aliphatic carbocycles. The first kappa shape index (κ1) is 14.7. The van der Waals surface area contributed by atoms with E-state index in [1.165, 1.54) is 0 Å². The molecule has 0 spiro atoms. The minimum absolute atomic E-state index is 0.464. The molecule has 0 saturated heterocycles. The van der Waals surface area contributed by atoms with Gasteiger partial charge in [-0.1, -0.05) is 6.92 Å². The van der Waals surface area contributed by atoms with E-state index in [9.17, 15) is 0 Å². The standard InChI is InChI=1S/C7H18N2O6/c1-2-5(8-3-6(10,11)12)9-4-7(13,14)15/h5,8-15H,2-4H2,1H3. The Morgan fingerprint density at radius 1 is 0.867 bits per heavy atom. The van der Waals surface area contributed by atoms with Crippen LogP contribution in [0, 0.1) is 0 Å². The summed E-state index contributed by atoms with van der Waals surface area (Å²) in [6, 6.07) is 0. The van der Waals surface area contributed by atoms with Gasteiger partial charge in [-0.05, 0) is 6.42 Å². The summed E-state index contributed by atoms with van der Waals surface area (Å²) in [6.07, 6.45) is -0.0479. The fourth-order valence-electron chi connectivity index (χ4n) is 0.881. The fourth-order valence-corrected chi connectivity index (χ4v) is 0.881. The lowest BCUT2D eigenvalue weighted by Crippen LogP contribution is -2.53. The predicted octanol–water partition coefficient (Wildman–Crippen LogP) is -3.84. The zero-order chi connectivity index (χ0) is 12.1. The van der Waals surface area contributed by atoms with Crippen molar-refractivity contribution >= 4 is 0 Å².